The van der Waals surface area contributed by atoms with E-state index in [1.165, 1.54) is 18.3 Å². The minimum atomic E-state index is -3.53. The van der Waals surface area contributed by atoms with Gasteiger partial charge in [0.1, 0.15) is 0 Å². The molecule has 3 rings (SSSR count). The number of carbonyl (C=O) groups excluding carboxylic acids is 1. The highest BCUT2D eigenvalue weighted by Crippen LogP contribution is 2.49. The van der Waals surface area contributed by atoms with Gasteiger partial charge in [0.05, 0.1) is 16.7 Å². The molecule has 1 aromatic carbocycles. The summed E-state index contributed by atoms with van der Waals surface area (Å²) in [6, 6.07) is 4.59. The summed E-state index contributed by atoms with van der Waals surface area (Å²) in [5.74, 6) is 0.164. The van der Waals surface area contributed by atoms with Crippen LogP contribution in [0.5, 0.6) is 0 Å². The van der Waals surface area contributed by atoms with Crippen LogP contribution in [0.25, 0.3) is 0 Å². The number of hydrogen-bond donors (Lipinski definition) is 0. The van der Waals surface area contributed by atoms with Gasteiger partial charge in [-0.2, -0.15) is 0 Å². The lowest BCUT2D eigenvalue weighted by molar-refractivity contribution is 0.103. The number of nitrogens with zero attached hydrogens (tertiary/aromatic N) is 1. The van der Waals surface area contributed by atoms with Crippen molar-refractivity contribution in [1.29, 1.82) is 0 Å². The van der Waals surface area contributed by atoms with Crippen molar-refractivity contribution < 1.29 is 17.7 Å². The molecule has 0 saturated heterocycles. The first-order valence-corrected chi connectivity index (χ1v) is 9.40. The largest absolute Gasteiger partial charge is 0.360 e. The van der Waals surface area contributed by atoms with Crippen LogP contribution in [0.4, 0.5) is 0 Å². The normalized spacial score (nSPS) is 16.5. The fourth-order valence-electron chi connectivity index (χ4n) is 2.39. The summed E-state index contributed by atoms with van der Waals surface area (Å²) in [5, 5.41) is 3.73. The number of ketones is 1. The molecule has 1 aromatic heterocycles. The summed E-state index contributed by atoms with van der Waals surface area (Å²) in [6.07, 6.45) is 4.32. The summed E-state index contributed by atoms with van der Waals surface area (Å²) < 4.78 is 29.8. The van der Waals surface area contributed by atoms with Crippen molar-refractivity contribution in [2.75, 3.05) is 6.26 Å². The highest BCUT2D eigenvalue weighted by Gasteiger charge is 2.45. The zero-order valence-electron chi connectivity index (χ0n) is 12.1. The monoisotopic (exact) mass is 383 g/mol. The van der Waals surface area contributed by atoms with Gasteiger partial charge in [0.15, 0.2) is 21.4 Å². The summed E-state index contributed by atoms with van der Waals surface area (Å²) >= 11 is 3.24. The molecular weight excluding hydrogens is 370 g/mol. The van der Waals surface area contributed by atoms with E-state index in [4.69, 9.17) is 4.52 Å². The Morgan fingerprint density at radius 1 is 1.32 bits per heavy atom. The van der Waals surface area contributed by atoms with Crippen LogP contribution in [-0.2, 0) is 15.3 Å². The van der Waals surface area contributed by atoms with Crippen LogP contribution < -0.4 is 0 Å². The second-order valence-electron chi connectivity index (χ2n) is 5.87. The molecule has 0 atom stereocenters. The number of hydrogen-bond acceptors (Lipinski definition) is 5. The van der Waals surface area contributed by atoms with E-state index in [9.17, 15) is 13.2 Å². The first-order valence-electron chi connectivity index (χ1n) is 6.72. The van der Waals surface area contributed by atoms with Crippen LogP contribution in [0.1, 0.15) is 41.4 Å². The molecule has 0 unspecified atom stereocenters. The van der Waals surface area contributed by atoms with Gasteiger partial charge in [0.2, 0.25) is 0 Å². The van der Waals surface area contributed by atoms with E-state index in [1.54, 1.807) is 6.07 Å². The van der Waals surface area contributed by atoms with Gasteiger partial charge >= 0.3 is 0 Å². The summed E-state index contributed by atoms with van der Waals surface area (Å²) in [5.41, 5.74) is 0.314. The van der Waals surface area contributed by atoms with E-state index in [2.05, 4.69) is 21.1 Å². The van der Waals surface area contributed by atoms with Gasteiger partial charge < -0.3 is 4.52 Å². The van der Waals surface area contributed by atoms with E-state index < -0.39 is 9.84 Å². The number of aromatic nitrogens is 1. The van der Waals surface area contributed by atoms with Crippen LogP contribution in [0, 0.1) is 0 Å². The van der Waals surface area contributed by atoms with E-state index in [0.717, 1.165) is 19.1 Å². The molecule has 2 aromatic rings. The van der Waals surface area contributed by atoms with Gasteiger partial charge in [-0.25, -0.2) is 8.42 Å². The van der Waals surface area contributed by atoms with Crippen molar-refractivity contribution >= 4 is 31.6 Å². The molecule has 0 amide bonds. The maximum absolute atomic E-state index is 12.8. The van der Waals surface area contributed by atoms with Crippen LogP contribution in [0.2, 0.25) is 0 Å². The van der Waals surface area contributed by atoms with E-state index >= 15 is 0 Å². The highest BCUT2D eigenvalue weighted by molar-refractivity contribution is 9.10. The maximum Gasteiger partial charge on any atom is 0.199 e. The number of sulfone groups is 1. The third kappa shape index (κ3) is 2.63. The maximum atomic E-state index is 12.8. The lowest BCUT2D eigenvalue weighted by Gasteiger charge is -2.09. The van der Waals surface area contributed by atoms with Crippen molar-refractivity contribution in [3.8, 4) is 0 Å². The molecule has 0 aliphatic heterocycles. The zero-order chi connectivity index (χ0) is 16.1. The second-order valence-corrected chi connectivity index (χ2v) is 8.77. The SMILES string of the molecule is CC1(c2oncc2C(=O)c2ccc(Br)cc2S(C)(=O)=O)CC1. The van der Waals surface area contributed by atoms with E-state index in [-0.39, 0.29) is 21.7 Å². The molecule has 1 aliphatic rings. The average Bonchev–Trinajstić information content (AvgIpc) is 3.00. The van der Waals surface area contributed by atoms with E-state index in [0.29, 0.717) is 15.8 Å². The van der Waals surface area contributed by atoms with Gasteiger partial charge in [-0.3, -0.25) is 4.79 Å². The van der Waals surface area contributed by atoms with Gasteiger partial charge in [0.25, 0.3) is 0 Å². The fraction of sp³-hybridized carbons (Fsp3) is 0.333. The van der Waals surface area contributed by atoms with Gasteiger partial charge in [-0.1, -0.05) is 28.0 Å². The zero-order valence-corrected chi connectivity index (χ0v) is 14.5. The van der Waals surface area contributed by atoms with Crippen LogP contribution in [0.15, 0.2) is 38.3 Å². The van der Waals surface area contributed by atoms with Crippen molar-refractivity contribution in [2.24, 2.45) is 0 Å². The Hall–Kier alpha value is -1.47. The van der Waals surface area contributed by atoms with Crippen LogP contribution in [-0.4, -0.2) is 25.6 Å². The third-order valence-electron chi connectivity index (χ3n) is 3.95. The molecule has 1 heterocycles. The van der Waals surface area contributed by atoms with Gasteiger partial charge in [0, 0.05) is 21.7 Å². The molecule has 5 nitrogen and oxygen atoms in total. The number of halogens is 1. The predicted molar refractivity (Wildman–Crippen MR) is 83.8 cm³/mol. The molecule has 0 radical (unpaired) electrons. The number of rotatable bonds is 4. The molecule has 116 valence electrons. The topological polar surface area (TPSA) is 77.2 Å². The van der Waals surface area contributed by atoms with Crippen molar-refractivity contribution in [2.45, 2.75) is 30.1 Å². The molecular formula is C15H14BrNO4S. The van der Waals surface area contributed by atoms with Crippen molar-refractivity contribution in [3.63, 3.8) is 0 Å². The molecule has 22 heavy (non-hydrogen) atoms. The number of benzene rings is 1. The lowest BCUT2D eigenvalue weighted by atomic mass is 9.97. The molecule has 0 spiro atoms. The predicted octanol–water partition coefficient (Wildman–Crippen LogP) is 3.12. The Kier molecular flexibility index (Phi) is 3.52. The minimum Gasteiger partial charge on any atom is -0.360 e. The molecule has 1 saturated carbocycles. The Balaban J connectivity index is 2.13. The van der Waals surface area contributed by atoms with Crippen LogP contribution >= 0.6 is 15.9 Å². The van der Waals surface area contributed by atoms with Crippen molar-refractivity contribution in [3.05, 3.63) is 45.8 Å². The highest BCUT2D eigenvalue weighted by atomic mass is 79.9. The number of carbonyl (C=O) groups is 1. The third-order valence-corrected chi connectivity index (χ3v) is 5.58. The summed E-state index contributed by atoms with van der Waals surface area (Å²) in [6.45, 7) is 2.00. The van der Waals surface area contributed by atoms with Gasteiger partial charge in [-0.05, 0) is 31.0 Å². The Labute approximate surface area is 136 Å². The Bertz CT molecular complexity index is 865. The quantitative estimate of drug-likeness (QED) is 0.757. The average molecular weight is 384 g/mol. The minimum absolute atomic E-state index is 0.0000231. The standard InChI is InChI=1S/C15H14BrNO4S/c1-15(5-6-15)14-11(8-17-21-14)13(18)10-4-3-9(16)7-12(10)22(2,19)20/h3-4,7-8H,5-6H2,1-2H3. The first kappa shape index (κ1) is 15.4. The Morgan fingerprint density at radius 3 is 2.59 bits per heavy atom. The molecule has 1 fully saturated rings. The lowest BCUT2D eigenvalue weighted by Crippen LogP contribution is -2.12. The second kappa shape index (κ2) is 5.03. The van der Waals surface area contributed by atoms with Crippen LogP contribution in [0.3, 0.4) is 0 Å². The first-order chi connectivity index (χ1) is 10.2. The fourth-order valence-corrected chi connectivity index (χ4v) is 3.80. The summed E-state index contributed by atoms with van der Waals surface area (Å²) in [7, 11) is -3.53. The smallest absolute Gasteiger partial charge is 0.199 e. The van der Waals surface area contributed by atoms with Gasteiger partial charge in [-0.15, -0.1) is 0 Å². The van der Waals surface area contributed by atoms with E-state index in [1.807, 2.05) is 6.92 Å². The molecule has 0 bridgehead atoms. The molecule has 0 N–H and O–H groups in total. The summed E-state index contributed by atoms with van der Waals surface area (Å²) in [4.78, 5) is 12.8. The molecule has 7 heteroatoms. The van der Waals surface area contributed by atoms with Crippen molar-refractivity contribution in [1.82, 2.24) is 5.16 Å². The molecule has 1 aliphatic carbocycles. The Morgan fingerprint density at radius 2 is 2.00 bits per heavy atom.